The third-order valence-corrected chi connectivity index (χ3v) is 9.81. The lowest BCUT2D eigenvalue weighted by Crippen LogP contribution is -2.52. The number of benzene rings is 3. The van der Waals surface area contributed by atoms with Crippen LogP contribution in [0.4, 0.5) is 0 Å². The highest BCUT2D eigenvalue weighted by Crippen LogP contribution is 2.45. The van der Waals surface area contributed by atoms with Crippen molar-refractivity contribution in [2.45, 2.75) is 43.6 Å². The van der Waals surface area contributed by atoms with Gasteiger partial charge >= 0.3 is 5.97 Å². The molecule has 2 aliphatic heterocycles. The summed E-state index contributed by atoms with van der Waals surface area (Å²) < 4.78 is 13.2. The maximum Gasteiger partial charge on any atom is 0.337 e. The highest BCUT2D eigenvalue weighted by molar-refractivity contribution is 6.03. The Morgan fingerprint density at radius 2 is 1.70 bits per heavy atom. The summed E-state index contributed by atoms with van der Waals surface area (Å²) in [4.78, 5) is 46.4. The van der Waals surface area contributed by atoms with Crippen molar-refractivity contribution in [3.05, 3.63) is 102 Å². The zero-order valence-corrected chi connectivity index (χ0v) is 26.4. The summed E-state index contributed by atoms with van der Waals surface area (Å²) in [6.07, 6.45) is 7.32. The highest BCUT2D eigenvalue weighted by atomic mass is 16.5. The van der Waals surface area contributed by atoms with Gasteiger partial charge in [-0.05, 0) is 71.3 Å². The fourth-order valence-corrected chi connectivity index (χ4v) is 7.05. The predicted octanol–water partition coefficient (Wildman–Crippen LogP) is 6.61. The number of Topliss-reactive ketones (excluding diaryl/α,β-unsaturated/α-hetero) is 1. The zero-order chi connectivity index (χ0) is 32.3. The van der Waals surface area contributed by atoms with Crippen molar-refractivity contribution in [2.24, 2.45) is 7.05 Å². The minimum absolute atomic E-state index is 0.0587. The van der Waals surface area contributed by atoms with E-state index in [4.69, 9.17) is 14.5 Å². The van der Waals surface area contributed by atoms with Crippen LogP contribution in [0.1, 0.15) is 74.8 Å². The number of hydrogen-bond acceptors (Lipinski definition) is 7. The second-order valence-electron chi connectivity index (χ2n) is 12.9. The van der Waals surface area contributed by atoms with E-state index >= 15 is 0 Å². The third-order valence-electron chi connectivity index (χ3n) is 9.81. The van der Waals surface area contributed by atoms with Crippen LogP contribution in [-0.4, -0.2) is 63.1 Å². The number of hydrogen-bond donors (Lipinski definition) is 0. The number of fused-ring (bicyclic) bond motifs is 2. The summed E-state index contributed by atoms with van der Waals surface area (Å²) in [6, 6.07) is 21.1. The molecule has 0 bridgehead atoms. The second-order valence-corrected chi connectivity index (χ2v) is 12.9. The number of aromatic nitrogens is 3. The molecule has 3 aromatic carbocycles. The molecule has 1 aliphatic carbocycles. The summed E-state index contributed by atoms with van der Waals surface area (Å²) in [5.41, 5.74) is 6.49. The van der Waals surface area contributed by atoms with Gasteiger partial charge in [0.2, 0.25) is 0 Å². The topological polar surface area (TPSA) is 104 Å². The Labute approximate surface area is 272 Å². The normalized spacial score (nSPS) is 17.0. The number of aryl methyl sites for hydroxylation is 1. The van der Waals surface area contributed by atoms with Gasteiger partial charge in [-0.2, -0.15) is 5.10 Å². The maximum atomic E-state index is 14.1. The number of ketones is 1. The lowest BCUT2D eigenvalue weighted by Gasteiger charge is -2.44. The number of carbonyl (C=O) groups is 3. The highest BCUT2D eigenvalue weighted by Gasteiger charge is 2.44. The summed E-state index contributed by atoms with van der Waals surface area (Å²) >= 11 is 0. The first-order chi connectivity index (χ1) is 22.8. The van der Waals surface area contributed by atoms with Crippen LogP contribution in [0.15, 0.2) is 79.1 Å². The van der Waals surface area contributed by atoms with E-state index in [1.165, 1.54) is 12.7 Å². The van der Waals surface area contributed by atoms with E-state index in [0.717, 1.165) is 46.0 Å². The van der Waals surface area contributed by atoms with Crippen LogP contribution in [0, 0.1) is 0 Å². The molecule has 3 aliphatic rings. The first-order valence-electron chi connectivity index (χ1n) is 16.1. The monoisotopic (exact) mass is 626 g/mol. The van der Waals surface area contributed by atoms with Crippen molar-refractivity contribution >= 4 is 28.6 Å². The van der Waals surface area contributed by atoms with Gasteiger partial charge in [-0.25, -0.2) is 9.78 Å². The largest absolute Gasteiger partial charge is 0.486 e. The SMILES string of the molecule is COC(=O)c1ccc(-c2cc(C(=O)N3CCC4(CC3)CC(=O)c3cc(-c5cnn(C)c5)ccc3O4)nc3c(C4CC4)cccc23)cc1. The van der Waals surface area contributed by atoms with E-state index in [2.05, 4.69) is 17.2 Å². The van der Waals surface area contributed by atoms with Crippen LogP contribution in [0.5, 0.6) is 5.75 Å². The molecule has 4 heterocycles. The average Bonchev–Trinajstić information content (AvgIpc) is 3.86. The predicted molar refractivity (Wildman–Crippen MR) is 177 cm³/mol. The molecule has 9 nitrogen and oxygen atoms in total. The van der Waals surface area contributed by atoms with Crippen molar-refractivity contribution in [3.63, 3.8) is 0 Å². The first-order valence-corrected chi connectivity index (χ1v) is 16.1. The molecule has 0 atom stereocenters. The molecule has 9 heteroatoms. The number of piperidine rings is 1. The maximum absolute atomic E-state index is 14.1. The van der Waals surface area contributed by atoms with Crippen LogP contribution in [-0.2, 0) is 11.8 Å². The minimum Gasteiger partial charge on any atom is -0.486 e. The Balaban J connectivity index is 1.06. The molecule has 8 rings (SSSR count). The molecule has 1 amide bonds. The molecule has 2 aromatic heterocycles. The first kappa shape index (κ1) is 29.1. The van der Waals surface area contributed by atoms with Gasteiger partial charge in [0.05, 0.1) is 36.4 Å². The quantitative estimate of drug-likeness (QED) is 0.202. The Morgan fingerprint density at radius 1 is 0.936 bits per heavy atom. The van der Waals surface area contributed by atoms with Crippen LogP contribution in [0.2, 0.25) is 0 Å². The molecule has 5 aromatic rings. The molecular weight excluding hydrogens is 592 g/mol. The summed E-state index contributed by atoms with van der Waals surface area (Å²) in [5.74, 6) is 0.574. The fourth-order valence-electron chi connectivity index (χ4n) is 7.05. The van der Waals surface area contributed by atoms with Gasteiger partial charge in [0.15, 0.2) is 5.78 Å². The number of methoxy groups -OCH3 is 1. The number of carbonyl (C=O) groups excluding carboxylic acids is 3. The molecule has 1 saturated heterocycles. The molecular formula is C38H34N4O5. The van der Waals surface area contributed by atoms with E-state index < -0.39 is 11.6 Å². The summed E-state index contributed by atoms with van der Waals surface area (Å²) in [6.45, 7) is 0.921. The number of pyridine rings is 1. The van der Waals surface area contributed by atoms with E-state index in [1.807, 2.05) is 60.6 Å². The molecule has 47 heavy (non-hydrogen) atoms. The third kappa shape index (κ3) is 5.25. The molecule has 0 N–H and O–H groups in total. The van der Waals surface area contributed by atoms with Gasteiger partial charge in [-0.3, -0.25) is 14.3 Å². The molecule has 1 saturated carbocycles. The lowest BCUT2D eigenvalue weighted by molar-refractivity contribution is -0.00584. The van der Waals surface area contributed by atoms with Gasteiger partial charge in [-0.15, -0.1) is 0 Å². The van der Waals surface area contributed by atoms with Crippen molar-refractivity contribution in [1.29, 1.82) is 0 Å². The van der Waals surface area contributed by atoms with E-state index in [1.54, 1.807) is 23.0 Å². The number of para-hydroxylation sites is 1. The van der Waals surface area contributed by atoms with Gasteiger partial charge < -0.3 is 14.4 Å². The second kappa shape index (κ2) is 11.2. The average molecular weight is 627 g/mol. The smallest absolute Gasteiger partial charge is 0.337 e. The van der Waals surface area contributed by atoms with E-state index in [-0.39, 0.29) is 18.1 Å². The van der Waals surface area contributed by atoms with Crippen molar-refractivity contribution < 1.29 is 23.9 Å². The van der Waals surface area contributed by atoms with Crippen molar-refractivity contribution in [2.75, 3.05) is 20.2 Å². The van der Waals surface area contributed by atoms with Crippen LogP contribution < -0.4 is 4.74 Å². The van der Waals surface area contributed by atoms with Crippen molar-refractivity contribution in [3.8, 4) is 28.0 Å². The van der Waals surface area contributed by atoms with Gasteiger partial charge in [0.25, 0.3) is 5.91 Å². The Kier molecular flexibility index (Phi) is 6.93. The number of likely N-dealkylation sites (tertiary alicyclic amines) is 1. The number of ether oxygens (including phenoxy) is 2. The molecule has 1 spiro atoms. The number of amides is 1. The Morgan fingerprint density at radius 3 is 2.40 bits per heavy atom. The molecule has 0 radical (unpaired) electrons. The van der Waals surface area contributed by atoms with E-state index in [9.17, 15) is 14.4 Å². The van der Waals surface area contributed by atoms with Gasteiger partial charge in [-0.1, -0.05) is 36.4 Å². The Hall–Kier alpha value is -5.31. The fraction of sp³-hybridized carbons (Fsp3) is 0.289. The van der Waals surface area contributed by atoms with E-state index in [0.29, 0.717) is 54.4 Å². The Bertz CT molecular complexity index is 2070. The zero-order valence-electron chi connectivity index (χ0n) is 26.4. The molecule has 0 unspecified atom stereocenters. The lowest BCUT2D eigenvalue weighted by atomic mass is 9.82. The van der Waals surface area contributed by atoms with Crippen molar-refractivity contribution in [1.82, 2.24) is 19.7 Å². The minimum atomic E-state index is -0.640. The van der Waals surface area contributed by atoms with Gasteiger partial charge in [0, 0.05) is 50.1 Å². The number of nitrogens with zero attached hydrogens (tertiary/aromatic N) is 4. The van der Waals surface area contributed by atoms with Crippen LogP contribution in [0.3, 0.4) is 0 Å². The number of esters is 1. The standard InChI is InChI=1S/C38H34N4O5/c1-41-22-27(21-39-41)26-12-13-34-31(18-26)33(43)20-38(47-34)14-16-42(17-15-38)36(44)32-19-30(24-8-10-25(11-9-24)37(45)46-2)29-5-3-4-28(23-6-7-23)35(29)40-32/h3-5,8-13,18-19,21-23H,6-7,14-17,20H2,1-2H3. The molecule has 2 fully saturated rings. The van der Waals surface area contributed by atoms with Crippen LogP contribution in [0.25, 0.3) is 33.2 Å². The van der Waals surface area contributed by atoms with Gasteiger partial charge in [0.1, 0.15) is 17.0 Å². The van der Waals surface area contributed by atoms with Crippen LogP contribution >= 0.6 is 0 Å². The summed E-state index contributed by atoms with van der Waals surface area (Å²) in [5, 5.41) is 5.23. The molecule has 236 valence electrons. The summed E-state index contributed by atoms with van der Waals surface area (Å²) in [7, 11) is 3.23. The number of rotatable bonds is 5.